The maximum atomic E-state index is 15.8. The van der Waals surface area contributed by atoms with Gasteiger partial charge in [0.2, 0.25) is 0 Å². The molecule has 100 heavy (non-hydrogen) atoms. The average Bonchev–Trinajstić information content (AvgIpc) is 1.55. The molecule has 2 unspecified atom stereocenters. The maximum absolute atomic E-state index is 15.8. The Balaban J connectivity index is 0.716. The van der Waals surface area contributed by atoms with Crippen molar-refractivity contribution in [1.29, 1.82) is 0 Å². The monoisotopic (exact) mass is 1300 g/mol. The Kier molecular flexibility index (Phi) is 14.5. The van der Waals surface area contributed by atoms with Crippen LogP contribution in [0.3, 0.4) is 0 Å². The molecular formula is C94H70F2N2O2. The summed E-state index contributed by atoms with van der Waals surface area (Å²) in [6.45, 7) is 8.78. The SMILES string of the molecule is Cc1ccc(C)c(C2(c3ccc(Oc4ccc5c(c4)CC5)cc3)c3ccccc3-c3ccc(N(c4ccc(-c5ccc(N(c6cccc(F)c6)c6ccc7c(c6)C(c6ccc(Oc8ccc9c(c8)CC9)cc6)(c6cc(C)ccc6C)c6ccccc6-7)cc5)cc4)c4cccc(F)c4)cc32)c1. The Morgan fingerprint density at radius 2 is 0.640 bits per heavy atom. The van der Waals surface area contributed by atoms with Gasteiger partial charge < -0.3 is 19.3 Å². The average molecular weight is 1300 g/mol. The van der Waals surface area contributed by atoms with Crippen molar-refractivity contribution in [2.24, 2.45) is 0 Å². The molecule has 0 fully saturated rings. The molecule has 0 heterocycles. The van der Waals surface area contributed by atoms with Gasteiger partial charge in [0.1, 0.15) is 34.6 Å². The fourth-order valence-electron chi connectivity index (χ4n) is 16.6. The number of anilines is 6. The minimum Gasteiger partial charge on any atom is -0.457 e. The summed E-state index contributed by atoms with van der Waals surface area (Å²) in [6.07, 6.45) is 4.41. The fourth-order valence-corrected chi connectivity index (χ4v) is 16.6. The molecule has 0 aliphatic heterocycles. The molecule has 482 valence electrons. The van der Waals surface area contributed by atoms with Crippen LogP contribution in [-0.4, -0.2) is 0 Å². The van der Waals surface area contributed by atoms with Crippen molar-refractivity contribution in [2.75, 3.05) is 9.80 Å². The first-order valence-electron chi connectivity index (χ1n) is 34.7. The van der Waals surface area contributed by atoms with E-state index in [9.17, 15) is 0 Å². The molecule has 14 aromatic rings. The number of nitrogens with zero attached hydrogens (tertiary/aromatic N) is 2. The number of ether oxygens (including phenoxy) is 2. The molecule has 4 aliphatic carbocycles. The third kappa shape index (κ3) is 9.98. The number of halogens is 2. The van der Waals surface area contributed by atoms with Crippen molar-refractivity contribution < 1.29 is 18.3 Å². The largest absolute Gasteiger partial charge is 0.457 e. The minimum absolute atomic E-state index is 0.325. The van der Waals surface area contributed by atoms with Gasteiger partial charge in [-0.1, -0.05) is 181 Å². The molecule has 0 bridgehead atoms. The van der Waals surface area contributed by atoms with Crippen molar-refractivity contribution in [3.8, 4) is 56.4 Å². The molecule has 0 amide bonds. The highest BCUT2D eigenvalue weighted by Crippen LogP contribution is 2.61. The van der Waals surface area contributed by atoms with Crippen LogP contribution >= 0.6 is 0 Å². The minimum atomic E-state index is -0.732. The summed E-state index contributed by atoms with van der Waals surface area (Å²) in [4.78, 5) is 4.33. The Hall–Kier alpha value is -11.9. The summed E-state index contributed by atoms with van der Waals surface area (Å²) < 4.78 is 44.6. The van der Waals surface area contributed by atoms with Gasteiger partial charge >= 0.3 is 0 Å². The van der Waals surface area contributed by atoms with Crippen LogP contribution in [-0.2, 0) is 36.5 Å². The number of hydrogen-bond donors (Lipinski definition) is 0. The lowest BCUT2D eigenvalue weighted by atomic mass is 9.66. The molecule has 4 nitrogen and oxygen atoms in total. The standard InChI is InChI=1S/C94H70F2N2O2/c1-59-19-21-61(3)89(51-59)93(69-33-45-79(46-34-69)99-81-43-31-65-23-25-67(65)53-81)87-17-7-5-15-83(87)85-49-41-77(57-91(85)93)97(75-13-9-11-71(95)55-75)73-37-27-63(28-38-73)64-29-39-74(40-30-64)98(76-14-10-12-72(96)56-76)78-42-50-86-84-16-6-8-18-88(84)94(92(86)58-78,90-52-60(2)20-22-62(90)4)70-35-47-80(48-36-70)100-82-44-32-66-24-26-68(66)54-82/h5-22,27-58H,23-26H2,1-4H3. The van der Waals surface area contributed by atoms with Crippen LogP contribution in [0.5, 0.6) is 23.0 Å². The van der Waals surface area contributed by atoms with Gasteiger partial charge in [0.15, 0.2) is 0 Å². The summed E-state index contributed by atoms with van der Waals surface area (Å²) in [6, 6.07) is 106. The topological polar surface area (TPSA) is 24.9 Å². The zero-order valence-electron chi connectivity index (χ0n) is 56.2. The molecule has 0 spiro atoms. The molecule has 0 aromatic heterocycles. The molecule has 6 heteroatoms. The summed E-state index contributed by atoms with van der Waals surface area (Å²) in [5.41, 5.74) is 29.6. The van der Waals surface area contributed by atoms with Gasteiger partial charge in [-0.05, 0) is 298 Å². The fraction of sp³-hybridized carbons (Fsp3) is 0.106. The summed E-state index contributed by atoms with van der Waals surface area (Å²) >= 11 is 0. The first kappa shape index (κ1) is 60.5. The van der Waals surface area contributed by atoms with Gasteiger partial charge in [0, 0.05) is 34.1 Å². The van der Waals surface area contributed by atoms with Crippen LogP contribution < -0.4 is 19.3 Å². The van der Waals surface area contributed by atoms with Crippen LogP contribution in [0.2, 0.25) is 0 Å². The van der Waals surface area contributed by atoms with Crippen LogP contribution in [0, 0.1) is 39.3 Å². The second-order valence-corrected chi connectivity index (χ2v) is 27.5. The molecule has 0 N–H and O–H groups in total. The van der Waals surface area contributed by atoms with Crippen LogP contribution in [0.4, 0.5) is 42.9 Å². The normalized spacial score (nSPS) is 15.6. The lowest BCUT2D eigenvalue weighted by Gasteiger charge is -2.36. The van der Waals surface area contributed by atoms with E-state index in [0.29, 0.717) is 11.4 Å². The molecule has 14 aromatic carbocycles. The van der Waals surface area contributed by atoms with Crippen molar-refractivity contribution in [3.05, 3.63) is 404 Å². The number of rotatable bonds is 15. The van der Waals surface area contributed by atoms with Gasteiger partial charge in [0.25, 0.3) is 0 Å². The highest BCUT2D eigenvalue weighted by atomic mass is 19.1. The number of benzene rings is 14. The van der Waals surface area contributed by atoms with Crippen LogP contribution in [0.15, 0.2) is 303 Å². The van der Waals surface area contributed by atoms with E-state index in [0.717, 1.165) is 116 Å². The van der Waals surface area contributed by atoms with E-state index in [1.54, 1.807) is 24.3 Å². The zero-order valence-corrected chi connectivity index (χ0v) is 56.2. The maximum Gasteiger partial charge on any atom is 0.127 e. The van der Waals surface area contributed by atoms with E-state index in [4.69, 9.17) is 9.47 Å². The quantitative estimate of drug-likeness (QED) is 0.102. The summed E-state index contributed by atoms with van der Waals surface area (Å²) in [5.74, 6) is 2.60. The predicted octanol–water partition coefficient (Wildman–Crippen LogP) is 24.3. The van der Waals surface area contributed by atoms with Gasteiger partial charge in [-0.25, -0.2) is 8.78 Å². The van der Waals surface area contributed by atoms with E-state index in [2.05, 4.69) is 292 Å². The molecule has 0 saturated heterocycles. The third-order valence-corrected chi connectivity index (χ3v) is 21.6. The predicted molar refractivity (Wildman–Crippen MR) is 403 cm³/mol. The van der Waals surface area contributed by atoms with E-state index in [1.165, 1.54) is 90.0 Å². The highest BCUT2D eigenvalue weighted by molar-refractivity contribution is 5.92. The second-order valence-electron chi connectivity index (χ2n) is 27.5. The van der Waals surface area contributed by atoms with Gasteiger partial charge in [-0.3, -0.25) is 0 Å². The third-order valence-electron chi connectivity index (χ3n) is 21.6. The summed E-state index contributed by atoms with van der Waals surface area (Å²) in [5, 5.41) is 0. The van der Waals surface area contributed by atoms with Crippen molar-refractivity contribution in [3.63, 3.8) is 0 Å². The Morgan fingerprint density at radius 1 is 0.270 bits per heavy atom. The van der Waals surface area contributed by atoms with E-state index < -0.39 is 10.8 Å². The Labute approximate surface area is 583 Å². The number of aryl methyl sites for hydroxylation is 8. The molecule has 4 aliphatic rings. The highest BCUT2D eigenvalue weighted by Gasteiger charge is 2.49. The summed E-state index contributed by atoms with van der Waals surface area (Å²) in [7, 11) is 0. The molecule has 0 saturated carbocycles. The first-order chi connectivity index (χ1) is 48.9. The number of fused-ring (bicyclic) bond motifs is 8. The molecule has 0 radical (unpaired) electrons. The Bertz CT molecular complexity index is 5240. The van der Waals surface area contributed by atoms with Crippen LogP contribution in [0.1, 0.15) is 89.0 Å². The van der Waals surface area contributed by atoms with E-state index in [-0.39, 0.29) is 11.6 Å². The van der Waals surface area contributed by atoms with Gasteiger partial charge in [0.05, 0.1) is 10.8 Å². The van der Waals surface area contributed by atoms with Gasteiger partial charge in [-0.2, -0.15) is 0 Å². The molecule has 2 atom stereocenters. The second kappa shape index (κ2) is 24.0. The van der Waals surface area contributed by atoms with E-state index >= 15 is 8.78 Å². The number of hydrogen-bond acceptors (Lipinski definition) is 4. The van der Waals surface area contributed by atoms with Crippen molar-refractivity contribution in [2.45, 2.75) is 64.2 Å². The first-order valence-corrected chi connectivity index (χ1v) is 34.7. The molecular weight excluding hydrogens is 1230 g/mol. The van der Waals surface area contributed by atoms with Crippen molar-refractivity contribution in [1.82, 2.24) is 0 Å². The van der Waals surface area contributed by atoms with Crippen LogP contribution in [0.25, 0.3) is 33.4 Å². The Morgan fingerprint density at radius 3 is 1.03 bits per heavy atom. The zero-order chi connectivity index (χ0) is 67.4. The molecule has 18 rings (SSSR count). The van der Waals surface area contributed by atoms with Crippen molar-refractivity contribution >= 4 is 34.1 Å². The lowest BCUT2D eigenvalue weighted by molar-refractivity contribution is 0.480. The van der Waals surface area contributed by atoms with E-state index in [1.807, 2.05) is 12.1 Å². The smallest absolute Gasteiger partial charge is 0.127 e. The lowest BCUT2D eigenvalue weighted by Crippen LogP contribution is -2.30. The van der Waals surface area contributed by atoms with Gasteiger partial charge in [-0.15, -0.1) is 0 Å².